The van der Waals surface area contributed by atoms with E-state index in [9.17, 15) is 0 Å². The van der Waals surface area contributed by atoms with Gasteiger partial charge in [0, 0.05) is 22.0 Å². The molecule has 27 heavy (non-hydrogen) atoms. The first-order valence-corrected chi connectivity index (χ1v) is 10.8. The SMILES string of the molecule is CCC(CC1CC1)Nc1nc(C)nc2c1CCCC2(C)c1ccc(Cl)cc1. The maximum Gasteiger partial charge on any atom is 0.133 e. The molecule has 1 aromatic heterocycles. The maximum absolute atomic E-state index is 6.13. The van der Waals surface area contributed by atoms with Crippen LogP contribution in [0.4, 0.5) is 5.82 Å². The molecule has 0 aliphatic heterocycles. The molecular weight excluding hydrogens is 354 g/mol. The third-order valence-electron chi connectivity index (χ3n) is 6.37. The van der Waals surface area contributed by atoms with Gasteiger partial charge in [-0.15, -0.1) is 0 Å². The highest BCUT2D eigenvalue weighted by atomic mass is 35.5. The third-order valence-corrected chi connectivity index (χ3v) is 6.63. The highest BCUT2D eigenvalue weighted by Crippen LogP contribution is 2.44. The number of aryl methyl sites for hydroxylation is 1. The minimum atomic E-state index is -0.0828. The maximum atomic E-state index is 6.13. The van der Waals surface area contributed by atoms with Crippen molar-refractivity contribution in [1.82, 2.24) is 9.97 Å². The van der Waals surface area contributed by atoms with Gasteiger partial charge in [0.15, 0.2) is 0 Å². The normalized spacial score (nSPS) is 23.0. The molecule has 4 rings (SSSR count). The number of aromatic nitrogens is 2. The lowest BCUT2D eigenvalue weighted by Gasteiger charge is -2.36. The molecule has 0 saturated heterocycles. The van der Waals surface area contributed by atoms with Gasteiger partial charge >= 0.3 is 0 Å². The number of rotatable bonds is 6. The van der Waals surface area contributed by atoms with Crippen molar-refractivity contribution < 1.29 is 0 Å². The van der Waals surface area contributed by atoms with Crippen LogP contribution in [0.5, 0.6) is 0 Å². The molecule has 1 N–H and O–H groups in total. The Bertz CT molecular complexity index is 813. The number of benzene rings is 1. The Hall–Kier alpha value is -1.61. The van der Waals surface area contributed by atoms with Crippen molar-refractivity contribution in [2.75, 3.05) is 5.32 Å². The van der Waals surface area contributed by atoms with Crippen LogP contribution in [0, 0.1) is 12.8 Å². The Morgan fingerprint density at radius 1 is 1.22 bits per heavy atom. The standard InChI is InChI=1S/C23H30ClN3/c1-4-19(14-16-7-8-16)27-22-20-6-5-13-23(3,21(20)25-15(2)26-22)17-9-11-18(24)12-10-17/h9-12,16,19H,4-8,13-14H2,1-3H3,(H,25,26,27). The molecule has 0 spiro atoms. The van der Waals surface area contributed by atoms with Crippen LogP contribution in [-0.2, 0) is 11.8 Å². The van der Waals surface area contributed by atoms with Crippen LogP contribution in [0.15, 0.2) is 24.3 Å². The fraction of sp³-hybridized carbons (Fsp3) is 0.565. The first-order valence-electron chi connectivity index (χ1n) is 10.4. The summed E-state index contributed by atoms with van der Waals surface area (Å²) in [6.07, 6.45) is 8.53. The molecule has 1 fully saturated rings. The summed E-state index contributed by atoms with van der Waals surface area (Å²) in [6.45, 7) is 6.62. The minimum absolute atomic E-state index is 0.0828. The van der Waals surface area contributed by atoms with Crippen molar-refractivity contribution in [3.63, 3.8) is 0 Å². The van der Waals surface area contributed by atoms with E-state index in [-0.39, 0.29) is 5.41 Å². The smallest absolute Gasteiger partial charge is 0.133 e. The quantitative estimate of drug-likeness (QED) is 0.657. The Morgan fingerprint density at radius 3 is 2.63 bits per heavy atom. The second-order valence-corrected chi connectivity index (χ2v) is 9.00. The molecular formula is C23H30ClN3. The first-order chi connectivity index (χ1) is 13.0. The van der Waals surface area contributed by atoms with E-state index in [0.717, 1.165) is 48.3 Å². The fourth-order valence-corrected chi connectivity index (χ4v) is 4.65. The van der Waals surface area contributed by atoms with Gasteiger partial charge in [-0.1, -0.05) is 43.5 Å². The van der Waals surface area contributed by atoms with Gasteiger partial charge in [-0.05, 0) is 69.6 Å². The van der Waals surface area contributed by atoms with Gasteiger partial charge in [-0.25, -0.2) is 9.97 Å². The fourth-order valence-electron chi connectivity index (χ4n) is 4.52. The summed E-state index contributed by atoms with van der Waals surface area (Å²) in [6, 6.07) is 8.81. The molecule has 3 nitrogen and oxygen atoms in total. The average Bonchev–Trinajstić information content (AvgIpc) is 3.46. The highest BCUT2D eigenvalue weighted by molar-refractivity contribution is 6.30. The van der Waals surface area contributed by atoms with Gasteiger partial charge in [0.05, 0.1) is 5.69 Å². The summed E-state index contributed by atoms with van der Waals surface area (Å²) in [5.41, 5.74) is 3.73. The molecule has 1 aromatic carbocycles. The number of nitrogens with one attached hydrogen (secondary N) is 1. The zero-order chi connectivity index (χ0) is 19.0. The molecule has 2 unspecified atom stereocenters. The average molecular weight is 384 g/mol. The summed E-state index contributed by atoms with van der Waals surface area (Å²) in [5, 5.41) is 4.58. The van der Waals surface area contributed by atoms with Gasteiger partial charge in [0.25, 0.3) is 0 Å². The van der Waals surface area contributed by atoms with Crippen LogP contribution in [0.1, 0.15) is 75.0 Å². The van der Waals surface area contributed by atoms with Crippen molar-refractivity contribution in [2.45, 2.75) is 77.2 Å². The van der Waals surface area contributed by atoms with Gasteiger partial charge in [-0.2, -0.15) is 0 Å². The van der Waals surface area contributed by atoms with E-state index in [4.69, 9.17) is 21.6 Å². The van der Waals surface area contributed by atoms with Crippen molar-refractivity contribution in [3.8, 4) is 0 Å². The molecule has 2 aliphatic rings. The number of fused-ring (bicyclic) bond motifs is 1. The van der Waals surface area contributed by atoms with Gasteiger partial charge in [0.2, 0.25) is 0 Å². The lowest BCUT2D eigenvalue weighted by molar-refractivity contribution is 0.447. The second kappa shape index (κ2) is 7.43. The first kappa shape index (κ1) is 18.7. The molecule has 0 bridgehead atoms. The Morgan fingerprint density at radius 2 is 1.96 bits per heavy atom. The van der Waals surface area contributed by atoms with E-state index < -0.39 is 0 Å². The molecule has 0 radical (unpaired) electrons. The van der Waals surface area contributed by atoms with Crippen LogP contribution in [0.3, 0.4) is 0 Å². The third kappa shape index (κ3) is 3.85. The summed E-state index contributed by atoms with van der Waals surface area (Å²) in [4.78, 5) is 9.78. The van der Waals surface area contributed by atoms with E-state index in [1.165, 1.54) is 36.1 Å². The molecule has 144 valence electrons. The monoisotopic (exact) mass is 383 g/mol. The van der Waals surface area contributed by atoms with Crippen molar-refractivity contribution >= 4 is 17.4 Å². The van der Waals surface area contributed by atoms with Gasteiger partial charge in [-0.3, -0.25) is 0 Å². The molecule has 2 aliphatic carbocycles. The van der Waals surface area contributed by atoms with E-state index in [2.05, 4.69) is 31.3 Å². The summed E-state index contributed by atoms with van der Waals surface area (Å²) in [7, 11) is 0. The molecule has 2 aromatic rings. The van der Waals surface area contributed by atoms with Crippen LogP contribution in [0.25, 0.3) is 0 Å². The molecule has 1 saturated carbocycles. The Kier molecular flexibility index (Phi) is 5.15. The molecule has 2 atom stereocenters. The number of halogens is 1. The predicted octanol–water partition coefficient (Wildman–Crippen LogP) is 6.07. The summed E-state index contributed by atoms with van der Waals surface area (Å²) >= 11 is 6.13. The Balaban J connectivity index is 1.72. The molecule has 4 heteroatoms. The second-order valence-electron chi connectivity index (χ2n) is 8.57. The lowest BCUT2D eigenvalue weighted by Crippen LogP contribution is -2.32. The van der Waals surface area contributed by atoms with Crippen molar-refractivity contribution in [2.24, 2.45) is 5.92 Å². The van der Waals surface area contributed by atoms with Crippen LogP contribution in [0.2, 0.25) is 5.02 Å². The van der Waals surface area contributed by atoms with Crippen LogP contribution >= 0.6 is 11.6 Å². The zero-order valence-electron chi connectivity index (χ0n) is 16.7. The van der Waals surface area contributed by atoms with Gasteiger partial charge in [0.1, 0.15) is 11.6 Å². The minimum Gasteiger partial charge on any atom is -0.367 e. The topological polar surface area (TPSA) is 37.8 Å². The van der Waals surface area contributed by atoms with E-state index in [0.29, 0.717) is 6.04 Å². The van der Waals surface area contributed by atoms with Crippen LogP contribution in [-0.4, -0.2) is 16.0 Å². The van der Waals surface area contributed by atoms with E-state index in [1.54, 1.807) is 0 Å². The lowest BCUT2D eigenvalue weighted by atomic mass is 9.70. The van der Waals surface area contributed by atoms with Crippen molar-refractivity contribution in [1.29, 1.82) is 0 Å². The predicted molar refractivity (Wildman–Crippen MR) is 113 cm³/mol. The number of hydrogen-bond donors (Lipinski definition) is 1. The molecule has 1 heterocycles. The Labute approximate surface area is 168 Å². The van der Waals surface area contributed by atoms with Crippen molar-refractivity contribution in [3.05, 3.63) is 51.9 Å². The van der Waals surface area contributed by atoms with E-state index >= 15 is 0 Å². The zero-order valence-corrected chi connectivity index (χ0v) is 17.4. The number of nitrogens with zero attached hydrogens (tertiary/aromatic N) is 2. The molecule has 0 amide bonds. The highest BCUT2D eigenvalue weighted by Gasteiger charge is 2.37. The van der Waals surface area contributed by atoms with Gasteiger partial charge < -0.3 is 5.32 Å². The van der Waals surface area contributed by atoms with E-state index in [1.807, 2.05) is 19.1 Å². The number of hydrogen-bond acceptors (Lipinski definition) is 3. The number of anilines is 1. The van der Waals surface area contributed by atoms with Crippen LogP contribution < -0.4 is 5.32 Å². The summed E-state index contributed by atoms with van der Waals surface area (Å²) < 4.78 is 0. The largest absolute Gasteiger partial charge is 0.367 e. The summed E-state index contributed by atoms with van der Waals surface area (Å²) in [5.74, 6) is 2.85.